The minimum absolute atomic E-state index is 0.0678. The number of rotatable bonds is 1. The fourth-order valence-electron chi connectivity index (χ4n) is 2.33. The molecule has 3 rings (SSSR count). The molecule has 0 bridgehead atoms. The van der Waals surface area contributed by atoms with Crippen molar-refractivity contribution in [2.24, 2.45) is 0 Å². The molecule has 2 aromatic rings. The van der Waals surface area contributed by atoms with Crippen molar-refractivity contribution in [1.82, 2.24) is 0 Å². The van der Waals surface area contributed by atoms with Gasteiger partial charge in [0.1, 0.15) is 0 Å². The first-order valence-electron chi connectivity index (χ1n) is 5.90. The number of nitrogens with zero attached hydrogens (tertiary/aromatic N) is 1. The lowest BCUT2D eigenvalue weighted by Crippen LogP contribution is -2.28. The van der Waals surface area contributed by atoms with Crippen LogP contribution in [0.1, 0.15) is 21.5 Å². The van der Waals surface area contributed by atoms with Crippen LogP contribution in [0.3, 0.4) is 0 Å². The number of fused-ring (bicyclic) bond motifs is 1. The number of amides is 1. The maximum atomic E-state index is 12.4. The number of hydrogen-bond acceptors (Lipinski definition) is 3. The van der Waals surface area contributed by atoms with E-state index in [0.29, 0.717) is 0 Å². The number of aryl methyl sites for hydroxylation is 1. The third-order valence-electron chi connectivity index (χ3n) is 3.38. The molecule has 0 saturated carbocycles. The third-order valence-corrected chi connectivity index (χ3v) is 4.06. The molecule has 0 atom stereocenters. The highest BCUT2D eigenvalue weighted by atomic mass is 32.1. The monoisotopic (exact) mass is 258 g/mol. The van der Waals surface area contributed by atoms with Crippen LogP contribution in [0, 0.1) is 6.92 Å². The lowest BCUT2D eigenvalue weighted by atomic mass is 10.1. The van der Waals surface area contributed by atoms with E-state index in [0.717, 1.165) is 35.5 Å². The number of anilines is 2. The summed E-state index contributed by atoms with van der Waals surface area (Å²) in [6.07, 6.45) is 0.909. The minimum Gasteiger partial charge on any atom is -0.398 e. The average molecular weight is 258 g/mol. The Morgan fingerprint density at radius 2 is 2.28 bits per heavy atom. The van der Waals surface area contributed by atoms with Gasteiger partial charge in [-0.05, 0) is 42.0 Å². The summed E-state index contributed by atoms with van der Waals surface area (Å²) in [4.78, 5) is 14.2. The standard InChI is InChI=1S/C14H14N2OS/c1-9-6-10-2-4-16(13(10)7-12(9)15)14(17)11-3-5-18-8-11/h3,5-8H,2,4,15H2,1H3. The molecular formula is C14H14N2OS. The highest BCUT2D eigenvalue weighted by Gasteiger charge is 2.26. The Labute approximate surface area is 110 Å². The third kappa shape index (κ3) is 1.69. The lowest BCUT2D eigenvalue weighted by Gasteiger charge is -2.17. The molecular weight excluding hydrogens is 244 g/mol. The highest BCUT2D eigenvalue weighted by Crippen LogP contribution is 2.33. The smallest absolute Gasteiger partial charge is 0.259 e. The van der Waals surface area contributed by atoms with Gasteiger partial charge in [0.05, 0.1) is 5.56 Å². The van der Waals surface area contributed by atoms with Gasteiger partial charge < -0.3 is 10.6 Å². The second kappa shape index (κ2) is 4.14. The first-order chi connectivity index (χ1) is 8.66. The van der Waals surface area contributed by atoms with Crippen LogP contribution in [-0.4, -0.2) is 12.5 Å². The number of nitrogens with two attached hydrogens (primary N) is 1. The Bertz CT molecular complexity index is 605. The van der Waals surface area contributed by atoms with Gasteiger partial charge in [-0.2, -0.15) is 11.3 Å². The molecule has 0 fully saturated rings. The summed E-state index contributed by atoms with van der Waals surface area (Å²) >= 11 is 1.54. The number of benzene rings is 1. The molecule has 0 saturated heterocycles. The fourth-order valence-corrected chi connectivity index (χ4v) is 2.96. The number of carbonyl (C=O) groups excluding carboxylic acids is 1. The van der Waals surface area contributed by atoms with Crippen molar-refractivity contribution in [2.45, 2.75) is 13.3 Å². The molecule has 0 unspecified atom stereocenters. The van der Waals surface area contributed by atoms with Crippen LogP contribution in [0.25, 0.3) is 0 Å². The van der Waals surface area contributed by atoms with Crippen molar-refractivity contribution >= 4 is 28.6 Å². The largest absolute Gasteiger partial charge is 0.398 e. The maximum Gasteiger partial charge on any atom is 0.259 e. The van der Waals surface area contributed by atoms with Crippen LogP contribution in [0.15, 0.2) is 29.0 Å². The summed E-state index contributed by atoms with van der Waals surface area (Å²) in [5, 5.41) is 3.81. The van der Waals surface area contributed by atoms with Gasteiger partial charge in [0.25, 0.3) is 5.91 Å². The van der Waals surface area contributed by atoms with E-state index >= 15 is 0 Å². The van der Waals surface area contributed by atoms with E-state index in [-0.39, 0.29) is 5.91 Å². The summed E-state index contributed by atoms with van der Waals surface area (Å²) in [6, 6.07) is 5.87. The Morgan fingerprint density at radius 1 is 1.44 bits per heavy atom. The number of carbonyl (C=O) groups is 1. The molecule has 0 radical (unpaired) electrons. The van der Waals surface area contributed by atoms with Crippen molar-refractivity contribution in [3.8, 4) is 0 Å². The first-order valence-corrected chi connectivity index (χ1v) is 6.84. The van der Waals surface area contributed by atoms with E-state index in [1.165, 1.54) is 5.56 Å². The van der Waals surface area contributed by atoms with Gasteiger partial charge in [-0.1, -0.05) is 6.07 Å². The van der Waals surface area contributed by atoms with Gasteiger partial charge in [-0.3, -0.25) is 4.79 Å². The second-order valence-electron chi connectivity index (χ2n) is 4.56. The van der Waals surface area contributed by atoms with Crippen molar-refractivity contribution in [2.75, 3.05) is 17.2 Å². The molecule has 1 aromatic carbocycles. The average Bonchev–Trinajstić information content (AvgIpc) is 2.98. The molecule has 1 aliphatic heterocycles. The zero-order valence-corrected chi connectivity index (χ0v) is 11.0. The molecule has 0 aliphatic carbocycles. The van der Waals surface area contributed by atoms with Crippen LogP contribution >= 0.6 is 11.3 Å². The van der Waals surface area contributed by atoms with Crippen LogP contribution in [0.5, 0.6) is 0 Å². The highest BCUT2D eigenvalue weighted by molar-refractivity contribution is 7.08. The van der Waals surface area contributed by atoms with Crippen LogP contribution < -0.4 is 10.6 Å². The Balaban J connectivity index is 2.00. The molecule has 4 heteroatoms. The van der Waals surface area contributed by atoms with Crippen LogP contribution in [0.4, 0.5) is 11.4 Å². The zero-order valence-electron chi connectivity index (χ0n) is 10.1. The predicted octanol–water partition coefficient (Wildman–Crippen LogP) is 2.84. The quantitative estimate of drug-likeness (QED) is 0.799. The second-order valence-corrected chi connectivity index (χ2v) is 5.34. The number of hydrogen-bond donors (Lipinski definition) is 1. The molecule has 92 valence electrons. The predicted molar refractivity (Wildman–Crippen MR) is 75.3 cm³/mol. The van der Waals surface area contributed by atoms with E-state index < -0.39 is 0 Å². The molecule has 2 heterocycles. The van der Waals surface area contributed by atoms with Gasteiger partial charge in [-0.25, -0.2) is 0 Å². The van der Waals surface area contributed by atoms with Gasteiger partial charge in [0.15, 0.2) is 0 Å². The summed E-state index contributed by atoms with van der Waals surface area (Å²) in [5.41, 5.74) is 10.7. The Morgan fingerprint density at radius 3 is 3.00 bits per heavy atom. The molecule has 1 aromatic heterocycles. The molecule has 18 heavy (non-hydrogen) atoms. The Hall–Kier alpha value is -1.81. The maximum absolute atomic E-state index is 12.4. The molecule has 1 amide bonds. The minimum atomic E-state index is 0.0678. The van der Waals surface area contributed by atoms with Crippen molar-refractivity contribution < 1.29 is 4.79 Å². The molecule has 3 nitrogen and oxygen atoms in total. The summed E-state index contributed by atoms with van der Waals surface area (Å²) in [7, 11) is 0. The zero-order chi connectivity index (χ0) is 12.7. The van der Waals surface area contributed by atoms with E-state index in [1.807, 2.05) is 34.7 Å². The van der Waals surface area contributed by atoms with Crippen LogP contribution in [0.2, 0.25) is 0 Å². The normalized spacial score (nSPS) is 13.7. The van der Waals surface area contributed by atoms with E-state index in [2.05, 4.69) is 6.07 Å². The fraction of sp³-hybridized carbons (Fsp3) is 0.214. The Kier molecular flexibility index (Phi) is 2.59. The lowest BCUT2D eigenvalue weighted by molar-refractivity contribution is 0.0990. The van der Waals surface area contributed by atoms with Gasteiger partial charge in [0, 0.05) is 23.3 Å². The molecule has 2 N–H and O–H groups in total. The van der Waals surface area contributed by atoms with Crippen molar-refractivity contribution in [3.63, 3.8) is 0 Å². The van der Waals surface area contributed by atoms with Gasteiger partial charge in [-0.15, -0.1) is 0 Å². The molecule has 1 aliphatic rings. The van der Waals surface area contributed by atoms with E-state index in [1.54, 1.807) is 11.3 Å². The van der Waals surface area contributed by atoms with Gasteiger partial charge in [0.2, 0.25) is 0 Å². The topological polar surface area (TPSA) is 46.3 Å². The summed E-state index contributed by atoms with van der Waals surface area (Å²) < 4.78 is 0. The van der Waals surface area contributed by atoms with Crippen molar-refractivity contribution in [1.29, 1.82) is 0 Å². The first kappa shape index (κ1) is 11.3. The number of thiophene rings is 1. The van der Waals surface area contributed by atoms with E-state index in [9.17, 15) is 4.79 Å². The molecule has 0 spiro atoms. The SMILES string of the molecule is Cc1cc2c(cc1N)N(C(=O)c1ccsc1)CC2. The summed E-state index contributed by atoms with van der Waals surface area (Å²) in [5.74, 6) is 0.0678. The van der Waals surface area contributed by atoms with Crippen LogP contribution in [-0.2, 0) is 6.42 Å². The number of nitrogen functional groups attached to an aromatic ring is 1. The summed E-state index contributed by atoms with van der Waals surface area (Å²) in [6.45, 7) is 2.74. The van der Waals surface area contributed by atoms with Gasteiger partial charge >= 0.3 is 0 Å². The van der Waals surface area contributed by atoms with Crippen molar-refractivity contribution in [3.05, 3.63) is 45.6 Å². The van der Waals surface area contributed by atoms with E-state index in [4.69, 9.17) is 5.73 Å².